The lowest BCUT2D eigenvalue weighted by Crippen LogP contribution is -1.94. The molecular weight excluding hydrogens is 348 g/mol. The summed E-state index contributed by atoms with van der Waals surface area (Å²) in [5.74, 6) is 1.75. The summed E-state index contributed by atoms with van der Waals surface area (Å²) in [7, 11) is 3.29. The van der Waals surface area contributed by atoms with Crippen LogP contribution in [0.1, 0.15) is 89.5 Å². The fourth-order valence-corrected chi connectivity index (χ4v) is 3.37. The Labute approximate surface area is 172 Å². The van der Waals surface area contributed by atoms with Gasteiger partial charge in [-0.15, -0.1) is 0 Å². The van der Waals surface area contributed by atoms with Crippen molar-refractivity contribution in [2.75, 3.05) is 14.2 Å². The minimum absolute atomic E-state index is 0.256. The quantitative estimate of drug-likeness (QED) is 0.211. The van der Waals surface area contributed by atoms with Crippen LogP contribution in [0.3, 0.4) is 0 Å². The number of rotatable bonds is 17. The van der Waals surface area contributed by atoms with E-state index in [0.717, 1.165) is 30.8 Å². The first-order chi connectivity index (χ1) is 13.7. The van der Waals surface area contributed by atoms with Crippen LogP contribution in [0, 0.1) is 0 Å². The van der Waals surface area contributed by atoms with E-state index in [9.17, 15) is 4.79 Å². The third kappa shape index (κ3) is 11.2. The molecule has 1 aromatic rings. The van der Waals surface area contributed by atoms with Crippen LogP contribution in [-0.4, -0.2) is 20.0 Å². The lowest BCUT2D eigenvalue weighted by atomic mass is 10.0. The molecule has 0 radical (unpaired) electrons. The molecule has 1 aromatic carbocycles. The average Bonchev–Trinajstić information content (AvgIpc) is 2.72. The first-order valence-electron chi connectivity index (χ1n) is 11.1. The van der Waals surface area contributed by atoms with Crippen molar-refractivity contribution in [2.45, 2.75) is 90.4 Å². The molecule has 3 heteroatoms. The predicted molar refractivity (Wildman–Crippen MR) is 118 cm³/mol. The minimum atomic E-state index is 0.256. The molecule has 0 atom stereocenters. The number of hydrogen-bond donors (Lipinski definition) is 0. The second kappa shape index (κ2) is 16.2. The van der Waals surface area contributed by atoms with Crippen LogP contribution >= 0.6 is 0 Å². The number of ether oxygens (including phenoxy) is 2. The molecule has 3 nitrogen and oxygen atoms in total. The van der Waals surface area contributed by atoms with Crippen molar-refractivity contribution in [3.63, 3.8) is 0 Å². The number of hydrogen-bond acceptors (Lipinski definition) is 3. The van der Waals surface area contributed by atoms with Gasteiger partial charge in [-0.3, -0.25) is 4.79 Å². The molecule has 0 fully saturated rings. The first-order valence-corrected chi connectivity index (χ1v) is 11.1. The van der Waals surface area contributed by atoms with E-state index in [1.807, 2.05) is 24.3 Å². The Bertz CT molecular complexity index is 563. The highest BCUT2D eigenvalue weighted by Gasteiger charge is 2.04. The van der Waals surface area contributed by atoms with Crippen molar-refractivity contribution in [3.05, 3.63) is 35.9 Å². The number of carbonyl (C=O) groups is 1. The lowest BCUT2D eigenvalue weighted by molar-refractivity contribution is -0.114. The summed E-state index contributed by atoms with van der Waals surface area (Å²) < 4.78 is 10.6. The summed E-state index contributed by atoms with van der Waals surface area (Å²) in [4.78, 5) is 12.0. The molecule has 0 unspecified atom stereocenters. The standard InChI is InChI=1S/C25H40O3/c1-4-5-6-7-8-9-10-11-12-13-17-23(26)18-15-14-16-22-19-20-24(27-2)25(21-22)28-3/h15,18-21H,4-14,16-17H2,1-3H3. The van der Waals surface area contributed by atoms with Crippen molar-refractivity contribution < 1.29 is 14.3 Å². The van der Waals surface area contributed by atoms with Crippen LogP contribution in [0.4, 0.5) is 0 Å². The van der Waals surface area contributed by atoms with E-state index in [4.69, 9.17) is 9.47 Å². The number of allylic oxidation sites excluding steroid dienone is 2. The highest BCUT2D eigenvalue weighted by Crippen LogP contribution is 2.28. The maximum absolute atomic E-state index is 12.0. The van der Waals surface area contributed by atoms with Crippen molar-refractivity contribution in [1.29, 1.82) is 0 Å². The number of benzene rings is 1. The number of ketones is 1. The maximum atomic E-state index is 12.0. The zero-order valence-corrected chi connectivity index (χ0v) is 18.3. The topological polar surface area (TPSA) is 35.5 Å². The second-order valence-electron chi connectivity index (χ2n) is 7.53. The molecule has 28 heavy (non-hydrogen) atoms. The Morgan fingerprint density at radius 1 is 0.857 bits per heavy atom. The van der Waals surface area contributed by atoms with Crippen molar-refractivity contribution >= 4 is 5.78 Å². The molecule has 0 saturated heterocycles. The Hall–Kier alpha value is -1.77. The molecule has 1 rings (SSSR count). The molecule has 0 amide bonds. The summed E-state index contributed by atoms with van der Waals surface area (Å²) in [6.45, 7) is 2.26. The van der Waals surface area contributed by atoms with Crippen LogP contribution in [0.2, 0.25) is 0 Å². The zero-order chi connectivity index (χ0) is 20.5. The summed E-state index contributed by atoms with van der Waals surface area (Å²) in [5.41, 5.74) is 1.18. The van der Waals surface area contributed by atoms with Crippen LogP contribution in [0.25, 0.3) is 0 Å². The van der Waals surface area contributed by atoms with Gasteiger partial charge in [0.2, 0.25) is 0 Å². The molecule has 158 valence electrons. The largest absolute Gasteiger partial charge is 0.493 e. The predicted octanol–water partition coefficient (Wildman–Crippen LogP) is 7.07. The summed E-state index contributed by atoms with van der Waals surface area (Å²) >= 11 is 0. The molecule has 0 heterocycles. The average molecular weight is 389 g/mol. The fourth-order valence-electron chi connectivity index (χ4n) is 3.37. The second-order valence-corrected chi connectivity index (χ2v) is 7.53. The molecule has 0 spiro atoms. The molecule has 0 aliphatic rings. The number of aryl methyl sites for hydroxylation is 1. The van der Waals surface area contributed by atoms with Gasteiger partial charge in [-0.05, 0) is 43.0 Å². The van der Waals surface area contributed by atoms with Gasteiger partial charge in [0.1, 0.15) is 0 Å². The summed E-state index contributed by atoms with van der Waals surface area (Å²) in [6.07, 6.45) is 19.2. The fraction of sp³-hybridized carbons (Fsp3) is 0.640. The van der Waals surface area contributed by atoms with E-state index in [0.29, 0.717) is 6.42 Å². The van der Waals surface area contributed by atoms with Gasteiger partial charge in [0.15, 0.2) is 17.3 Å². The Kier molecular flexibility index (Phi) is 14.0. The molecule has 0 bridgehead atoms. The van der Waals surface area contributed by atoms with E-state index < -0.39 is 0 Å². The van der Waals surface area contributed by atoms with E-state index in [1.165, 1.54) is 63.4 Å². The lowest BCUT2D eigenvalue weighted by Gasteiger charge is -2.08. The van der Waals surface area contributed by atoms with Gasteiger partial charge in [0.25, 0.3) is 0 Å². The Morgan fingerprint density at radius 2 is 1.46 bits per heavy atom. The van der Waals surface area contributed by atoms with E-state index in [1.54, 1.807) is 20.3 Å². The summed E-state index contributed by atoms with van der Waals surface area (Å²) in [6, 6.07) is 5.97. The number of unbranched alkanes of at least 4 members (excludes halogenated alkanes) is 9. The van der Waals surface area contributed by atoms with Gasteiger partial charge >= 0.3 is 0 Å². The minimum Gasteiger partial charge on any atom is -0.493 e. The van der Waals surface area contributed by atoms with Crippen LogP contribution < -0.4 is 9.47 Å². The van der Waals surface area contributed by atoms with Crippen LogP contribution in [0.15, 0.2) is 30.4 Å². The summed E-state index contributed by atoms with van der Waals surface area (Å²) in [5, 5.41) is 0. The molecule has 0 aromatic heterocycles. The van der Waals surface area contributed by atoms with Gasteiger partial charge in [-0.1, -0.05) is 76.9 Å². The Morgan fingerprint density at radius 3 is 2.07 bits per heavy atom. The zero-order valence-electron chi connectivity index (χ0n) is 18.3. The number of methoxy groups -OCH3 is 2. The van der Waals surface area contributed by atoms with E-state index in [2.05, 4.69) is 6.92 Å². The van der Waals surface area contributed by atoms with Gasteiger partial charge < -0.3 is 9.47 Å². The smallest absolute Gasteiger partial charge is 0.160 e. The maximum Gasteiger partial charge on any atom is 0.160 e. The number of carbonyl (C=O) groups excluding carboxylic acids is 1. The van der Waals surface area contributed by atoms with Gasteiger partial charge in [0.05, 0.1) is 14.2 Å². The third-order valence-electron chi connectivity index (χ3n) is 5.13. The van der Waals surface area contributed by atoms with Gasteiger partial charge in [0, 0.05) is 6.42 Å². The van der Waals surface area contributed by atoms with Crippen molar-refractivity contribution in [3.8, 4) is 11.5 Å². The molecule has 0 N–H and O–H groups in total. The molecule has 0 aliphatic heterocycles. The molecule has 0 saturated carbocycles. The van der Waals surface area contributed by atoms with E-state index >= 15 is 0 Å². The van der Waals surface area contributed by atoms with Crippen LogP contribution in [-0.2, 0) is 11.2 Å². The Balaban J connectivity index is 2.07. The first kappa shape index (κ1) is 24.3. The highest BCUT2D eigenvalue weighted by atomic mass is 16.5. The SMILES string of the molecule is CCCCCCCCCCCCC(=O)C=CCCc1ccc(OC)c(OC)c1. The molecular formula is C25H40O3. The normalized spacial score (nSPS) is 11.1. The highest BCUT2D eigenvalue weighted by molar-refractivity contribution is 5.89. The monoisotopic (exact) mass is 388 g/mol. The van der Waals surface area contributed by atoms with Crippen molar-refractivity contribution in [1.82, 2.24) is 0 Å². The molecule has 0 aliphatic carbocycles. The third-order valence-corrected chi connectivity index (χ3v) is 5.13. The van der Waals surface area contributed by atoms with Crippen molar-refractivity contribution in [2.24, 2.45) is 0 Å². The van der Waals surface area contributed by atoms with Crippen LogP contribution in [0.5, 0.6) is 11.5 Å². The van der Waals surface area contributed by atoms with Gasteiger partial charge in [-0.2, -0.15) is 0 Å². The van der Waals surface area contributed by atoms with E-state index in [-0.39, 0.29) is 5.78 Å². The van der Waals surface area contributed by atoms with Gasteiger partial charge in [-0.25, -0.2) is 0 Å².